The van der Waals surface area contributed by atoms with Crippen LogP contribution in [0.1, 0.15) is 40.5 Å². The van der Waals surface area contributed by atoms with Crippen LogP contribution in [0.4, 0.5) is 4.39 Å². The molecule has 0 saturated carbocycles. The highest BCUT2D eigenvalue weighted by atomic mass is 35.5. The SMILES string of the molecule is CCOc1cc2oc(-c3ccc(OCCOCCOCCOCCOc4cccc5c4C(=O)N(C4CCC(=O)NC4=O)C5=O)cc3Cl)cc(=O)c2cc1-c1ccc(S(C)(=O)=O)cc1F. The molecule has 1 aromatic heterocycles. The van der Waals surface area contributed by atoms with E-state index in [0.29, 0.717) is 24.5 Å². The number of carbonyl (C=O) groups excluding carboxylic acids is 4. The number of benzene rings is 4. The Morgan fingerprint density at radius 1 is 0.750 bits per heavy atom. The second-order valence-electron chi connectivity index (χ2n) is 14.5. The molecule has 0 aliphatic carbocycles. The molecule has 3 heterocycles. The molecule has 19 heteroatoms. The molecule has 1 N–H and O–H groups in total. The molecule has 64 heavy (non-hydrogen) atoms. The van der Waals surface area contributed by atoms with E-state index in [-0.39, 0.29) is 119 Å². The van der Waals surface area contributed by atoms with Crippen molar-refractivity contribution in [3.63, 3.8) is 0 Å². The van der Waals surface area contributed by atoms with Crippen LogP contribution in [0.15, 0.2) is 86.9 Å². The number of carbonyl (C=O) groups is 4. The van der Waals surface area contributed by atoms with Crippen molar-refractivity contribution in [2.24, 2.45) is 0 Å². The van der Waals surface area contributed by atoms with E-state index in [2.05, 4.69) is 5.32 Å². The van der Waals surface area contributed by atoms with Crippen LogP contribution in [0.25, 0.3) is 33.4 Å². The van der Waals surface area contributed by atoms with Crippen LogP contribution in [0.5, 0.6) is 17.2 Å². The van der Waals surface area contributed by atoms with Gasteiger partial charge in [0.1, 0.15) is 53.7 Å². The third kappa shape index (κ3) is 10.3. The fourth-order valence-electron chi connectivity index (χ4n) is 7.11. The zero-order valence-electron chi connectivity index (χ0n) is 34.6. The van der Waals surface area contributed by atoms with Gasteiger partial charge in [-0.1, -0.05) is 23.7 Å². The second kappa shape index (κ2) is 20.1. The van der Waals surface area contributed by atoms with Gasteiger partial charge in [-0.05, 0) is 61.9 Å². The fourth-order valence-corrected chi connectivity index (χ4v) is 8.00. The summed E-state index contributed by atoms with van der Waals surface area (Å²) in [5, 5.41) is 2.58. The number of nitrogens with zero attached hydrogens (tertiary/aromatic N) is 1. The molecular formula is C45H42ClFN2O14S. The molecule has 7 rings (SSSR count). The molecule has 1 fully saturated rings. The van der Waals surface area contributed by atoms with Gasteiger partial charge in [0, 0.05) is 41.5 Å². The van der Waals surface area contributed by atoms with Gasteiger partial charge in [-0.2, -0.15) is 0 Å². The van der Waals surface area contributed by atoms with Crippen molar-refractivity contribution in [1.82, 2.24) is 10.2 Å². The van der Waals surface area contributed by atoms with Gasteiger partial charge in [0.15, 0.2) is 15.3 Å². The molecule has 1 unspecified atom stereocenters. The lowest BCUT2D eigenvalue weighted by molar-refractivity contribution is -0.136. The number of rotatable bonds is 20. The highest BCUT2D eigenvalue weighted by Crippen LogP contribution is 2.38. The lowest BCUT2D eigenvalue weighted by Gasteiger charge is -2.27. The first kappa shape index (κ1) is 45.8. The standard InChI is InChI=1S/C45H42ClFN2O14S/c1-3-60-38-25-40-32(23-31(38)28-10-8-27(22-34(28)47)64(2,55)56)36(50)24-39(63-40)29-9-7-26(21-33(29)46)61-19-17-58-15-13-57-14-16-59-18-20-62-37-6-4-5-30-42(37)45(54)49(44(30)53)35-11-12-41(51)48-43(35)52/h4-10,21-25,35H,3,11-20H2,1-2H3,(H,48,51,52). The summed E-state index contributed by atoms with van der Waals surface area (Å²) in [4.78, 5) is 64.1. The van der Waals surface area contributed by atoms with Crippen LogP contribution in [0.3, 0.4) is 0 Å². The first-order chi connectivity index (χ1) is 30.7. The zero-order chi connectivity index (χ0) is 45.5. The van der Waals surface area contributed by atoms with E-state index < -0.39 is 50.8 Å². The number of sulfone groups is 1. The van der Waals surface area contributed by atoms with E-state index in [1.807, 2.05) is 0 Å². The van der Waals surface area contributed by atoms with Gasteiger partial charge in [0.2, 0.25) is 11.8 Å². The molecule has 0 spiro atoms. The van der Waals surface area contributed by atoms with E-state index in [0.717, 1.165) is 17.2 Å². The zero-order valence-corrected chi connectivity index (χ0v) is 36.2. The molecule has 1 atom stereocenters. The number of amides is 4. The van der Waals surface area contributed by atoms with Gasteiger partial charge in [0.25, 0.3) is 11.8 Å². The van der Waals surface area contributed by atoms with Crippen LogP contribution in [-0.2, 0) is 33.6 Å². The molecule has 1 saturated heterocycles. The van der Waals surface area contributed by atoms with Crippen LogP contribution < -0.4 is 25.0 Å². The van der Waals surface area contributed by atoms with Gasteiger partial charge < -0.3 is 32.8 Å². The minimum absolute atomic E-state index is 0.0249. The van der Waals surface area contributed by atoms with E-state index in [1.54, 1.807) is 37.3 Å². The lowest BCUT2D eigenvalue weighted by atomic mass is 10.0. The number of halogens is 2. The number of nitrogens with one attached hydrogen (secondary N) is 1. The Labute approximate surface area is 371 Å². The summed E-state index contributed by atoms with van der Waals surface area (Å²) in [5.41, 5.74) is 0.690. The Hall–Kier alpha value is -6.18. The lowest BCUT2D eigenvalue weighted by Crippen LogP contribution is -2.54. The summed E-state index contributed by atoms with van der Waals surface area (Å²) in [6.45, 7) is 3.85. The maximum absolute atomic E-state index is 15.2. The molecule has 336 valence electrons. The van der Waals surface area contributed by atoms with Crippen molar-refractivity contribution in [1.29, 1.82) is 0 Å². The molecule has 2 aliphatic heterocycles. The molecule has 4 amide bonds. The Bertz CT molecular complexity index is 2800. The third-order valence-corrected chi connectivity index (χ3v) is 11.6. The van der Waals surface area contributed by atoms with Crippen molar-refractivity contribution in [2.75, 3.05) is 65.7 Å². The predicted octanol–water partition coefficient (Wildman–Crippen LogP) is 5.63. The van der Waals surface area contributed by atoms with Crippen molar-refractivity contribution in [3.05, 3.63) is 105 Å². The second-order valence-corrected chi connectivity index (χ2v) is 16.9. The Morgan fingerprint density at radius 3 is 2.09 bits per heavy atom. The van der Waals surface area contributed by atoms with Crippen LogP contribution in [-0.4, -0.2) is 109 Å². The molecule has 16 nitrogen and oxygen atoms in total. The highest BCUT2D eigenvalue weighted by Gasteiger charge is 2.46. The quantitative estimate of drug-likeness (QED) is 0.0743. The summed E-state index contributed by atoms with van der Waals surface area (Å²) >= 11 is 6.60. The average molecular weight is 921 g/mol. The van der Waals surface area contributed by atoms with E-state index >= 15 is 4.39 Å². The number of imide groups is 2. The monoisotopic (exact) mass is 920 g/mol. The molecular weight excluding hydrogens is 879 g/mol. The summed E-state index contributed by atoms with van der Waals surface area (Å²) in [6, 6.07) is 16.2. The molecule has 5 aromatic rings. The molecule has 2 aliphatic rings. The van der Waals surface area contributed by atoms with E-state index in [9.17, 15) is 32.4 Å². The fraction of sp³-hybridized carbons (Fsp3) is 0.311. The van der Waals surface area contributed by atoms with Gasteiger partial charge >= 0.3 is 0 Å². The average Bonchev–Trinajstić information content (AvgIpc) is 3.51. The number of hydrogen-bond acceptors (Lipinski definition) is 14. The maximum atomic E-state index is 15.2. The third-order valence-electron chi connectivity index (χ3n) is 10.1. The topological polar surface area (TPSA) is 203 Å². The number of hydrogen-bond donors (Lipinski definition) is 1. The summed E-state index contributed by atoms with van der Waals surface area (Å²) in [6.07, 6.45) is 1.07. The summed E-state index contributed by atoms with van der Waals surface area (Å²) in [7, 11) is -3.64. The minimum Gasteiger partial charge on any atom is -0.493 e. The van der Waals surface area contributed by atoms with Crippen molar-refractivity contribution < 1.29 is 64.8 Å². The van der Waals surface area contributed by atoms with Crippen LogP contribution >= 0.6 is 11.6 Å². The van der Waals surface area contributed by atoms with E-state index in [4.69, 9.17) is 44.4 Å². The van der Waals surface area contributed by atoms with Crippen molar-refractivity contribution in [2.45, 2.75) is 30.7 Å². The van der Waals surface area contributed by atoms with Crippen molar-refractivity contribution in [3.8, 4) is 39.7 Å². The van der Waals surface area contributed by atoms with Crippen LogP contribution in [0.2, 0.25) is 5.02 Å². The van der Waals surface area contributed by atoms with Gasteiger partial charge in [0.05, 0.1) is 72.7 Å². The smallest absolute Gasteiger partial charge is 0.266 e. The van der Waals surface area contributed by atoms with E-state index in [1.165, 1.54) is 36.4 Å². The Balaban J connectivity index is 0.817. The Kier molecular flexibility index (Phi) is 14.4. The molecule has 0 radical (unpaired) electrons. The van der Waals surface area contributed by atoms with Gasteiger partial charge in [-0.25, -0.2) is 12.8 Å². The maximum Gasteiger partial charge on any atom is 0.266 e. The first-order valence-corrected chi connectivity index (χ1v) is 22.4. The number of fused-ring (bicyclic) bond motifs is 2. The molecule has 4 aromatic carbocycles. The normalized spacial score (nSPS) is 15.1. The van der Waals surface area contributed by atoms with Crippen molar-refractivity contribution >= 4 is 56.0 Å². The number of piperidine rings is 1. The largest absolute Gasteiger partial charge is 0.493 e. The van der Waals surface area contributed by atoms with Gasteiger partial charge in [-0.3, -0.25) is 34.2 Å². The van der Waals surface area contributed by atoms with Crippen LogP contribution in [0, 0.1) is 5.82 Å². The highest BCUT2D eigenvalue weighted by molar-refractivity contribution is 7.90. The Morgan fingerprint density at radius 2 is 1.44 bits per heavy atom. The summed E-state index contributed by atoms with van der Waals surface area (Å²) in [5.74, 6) is -2.14. The first-order valence-electron chi connectivity index (χ1n) is 20.1. The van der Waals surface area contributed by atoms with Gasteiger partial charge in [-0.15, -0.1) is 0 Å². The molecule has 0 bridgehead atoms. The predicted molar refractivity (Wildman–Crippen MR) is 229 cm³/mol. The summed E-state index contributed by atoms with van der Waals surface area (Å²) < 4.78 is 79.2. The minimum atomic E-state index is -3.64. The number of ether oxygens (including phenoxy) is 6.